The highest BCUT2D eigenvalue weighted by atomic mass is 79.9. The first-order valence-corrected chi connectivity index (χ1v) is 15.7. The number of piperidine rings is 2. The molecule has 250 valence electrons. The molecule has 2 aromatic rings. The number of rotatable bonds is 8. The van der Waals surface area contributed by atoms with Gasteiger partial charge < -0.3 is 20.7 Å². The van der Waals surface area contributed by atoms with Crippen molar-refractivity contribution in [2.45, 2.75) is 36.5 Å². The van der Waals surface area contributed by atoms with Gasteiger partial charge in [-0.05, 0) is 71.2 Å². The second-order valence-electron chi connectivity index (χ2n) is 11.5. The summed E-state index contributed by atoms with van der Waals surface area (Å²) in [5.74, 6) is 1.93. The van der Waals surface area contributed by atoms with Gasteiger partial charge in [0.05, 0.1) is 5.56 Å². The van der Waals surface area contributed by atoms with Crippen LogP contribution >= 0.6 is 15.9 Å². The maximum atomic E-state index is 12.1. The number of benzene rings is 2. The van der Waals surface area contributed by atoms with E-state index in [9.17, 15) is 35.9 Å². The van der Waals surface area contributed by atoms with Crippen LogP contribution in [0.3, 0.4) is 0 Å². The van der Waals surface area contributed by atoms with Gasteiger partial charge in [-0.25, -0.2) is 0 Å². The number of amides is 2. The van der Waals surface area contributed by atoms with E-state index in [1.165, 1.54) is 36.4 Å². The van der Waals surface area contributed by atoms with Crippen molar-refractivity contribution in [1.82, 2.24) is 20.9 Å². The summed E-state index contributed by atoms with van der Waals surface area (Å²) < 4.78 is 76.2. The zero-order chi connectivity index (χ0) is 33.6. The van der Waals surface area contributed by atoms with Gasteiger partial charge in [0.1, 0.15) is 5.75 Å². The predicted octanol–water partition coefficient (Wildman–Crippen LogP) is 5.42. The molecule has 2 saturated carbocycles. The lowest BCUT2D eigenvalue weighted by Crippen LogP contribution is -2.33. The fraction of sp³-hybridized carbons (Fsp3) is 0.438. The van der Waals surface area contributed by atoms with Gasteiger partial charge in [0.2, 0.25) is 11.8 Å². The molecule has 46 heavy (non-hydrogen) atoms. The Morgan fingerprint density at radius 3 is 1.74 bits per heavy atom. The Labute approximate surface area is 271 Å². The van der Waals surface area contributed by atoms with Gasteiger partial charge in [-0.1, -0.05) is 53.4 Å². The first kappa shape index (κ1) is 35.5. The van der Waals surface area contributed by atoms with Crippen molar-refractivity contribution >= 4 is 27.7 Å². The Hall–Kier alpha value is -3.36. The molecule has 2 heterocycles. The van der Waals surface area contributed by atoms with E-state index < -0.39 is 18.1 Å². The van der Waals surface area contributed by atoms with Crippen LogP contribution in [0.25, 0.3) is 0 Å². The highest BCUT2D eigenvalue weighted by Crippen LogP contribution is 2.46. The number of fused-ring (bicyclic) bond motifs is 2. The van der Waals surface area contributed by atoms with Crippen molar-refractivity contribution < 1.29 is 40.7 Å². The van der Waals surface area contributed by atoms with E-state index >= 15 is 0 Å². The van der Waals surface area contributed by atoms with E-state index in [-0.39, 0.29) is 23.6 Å². The molecule has 0 aromatic heterocycles. The minimum absolute atomic E-state index is 0.0376. The molecular weight excluding hydrogens is 682 g/mol. The van der Waals surface area contributed by atoms with Gasteiger partial charge in [0.25, 0.3) is 0 Å². The molecule has 7 nitrogen and oxygen atoms in total. The number of hydrogen-bond acceptors (Lipinski definition) is 5. The van der Waals surface area contributed by atoms with Crippen LogP contribution in [0.2, 0.25) is 0 Å². The van der Waals surface area contributed by atoms with Crippen LogP contribution < -0.4 is 20.7 Å². The summed E-state index contributed by atoms with van der Waals surface area (Å²) in [6.45, 7) is 11.4. The number of ether oxygens (including phenoxy) is 1. The average Bonchev–Trinajstić information content (AvgIpc) is 3.62. The van der Waals surface area contributed by atoms with Crippen molar-refractivity contribution in [2.75, 3.05) is 26.2 Å². The normalized spacial score (nSPS) is 25.7. The van der Waals surface area contributed by atoms with Gasteiger partial charge in [0.15, 0.2) is 0 Å². The topological polar surface area (TPSA) is 82.7 Å². The van der Waals surface area contributed by atoms with Crippen LogP contribution in [0.4, 0.5) is 26.3 Å². The zero-order valence-corrected chi connectivity index (χ0v) is 26.3. The minimum atomic E-state index is -4.66. The van der Waals surface area contributed by atoms with E-state index in [2.05, 4.69) is 54.7 Å². The smallest absolute Gasteiger partial charge is 0.406 e. The third-order valence-corrected chi connectivity index (χ3v) is 9.00. The first-order valence-electron chi connectivity index (χ1n) is 14.6. The summed E-state index contributed by atoms with van der Waals surface area (Å²) in [4.78, 5) is 24.3. The largest absolute Gasteiger partial charge is 0.573 e. The number of likely N-dealkylation sites (tertiary alicyclic amines) is 1. The van der Waals surface area contributed by atoms with Crippen LogP contribution in [0.5, 0.6) is 5.75 Å². The number of carbonyl (C=O) groups excluding carboxylic acids is 2. The van der Waals surface area contributed by atoms with Gasteiger partial charge >= 0.3 is 12.5 Å². The summed E-state index contributed by atoms with van der Waals surface area (Å²) in [6, 6.07) is 11.7. The monoisotopic (exact) mass is 716 g/mol. The number of hydrogen-bond donors (Lipinski definition) is 3. The fourth-order valence-electron chi connectivity index (χ4n) is 5.87. The quantitative estimate of drug-likeness (QED) is 0.193. The van der Waals surface area contributed by atoms with Crippen molar-refractivity contribution in [1.29, 1.82) is 0 Å². The van der Waals surface area contributed by atoms with Crippen LogP contribution in [0, 0.1) is 23.7 Å². The van der Waals surface area contributed by atoms with Crippen LogP contribution in [0.1, 0.15) is 16.7 Å². The molecule has 4 fully saturated rings. The zero-order valence-electron chi connectivity index (χ0n) is 24.7. The maximum absolute atomic E-state index is 12.1. The molecule has 2 unspecified atom stereocenters. The Kier molecular flexibility index (Phi) is 11.6. The molecule has 0 spiro atoms. The highest BCUT2D eigenvalue weighted by Gasteiger charge is 2.56. The molecule has 2 amide bonds. The van der Waals surface area contributed by atoms with Crippen LogP contribution in [-0.4, -0.2) is 61.3 Å². The van der Waals surface area contributed by atoms with Crippen molar-refractivity contribution in [3.63, 3.8) is 0 Å². The van der Waals surface area contributed by atoms with E-state index in [0.29, 0.717) is 41.6 Å². The van der Waals surface area contributed by atoms with Crippen LogP contribution in [-0.2, 0) is 27.6 Å². The molecular formula is C32H35BrF6N4O3. The SMILES string of the molecule is C=CC(=O)NC1[C@H]2CN(Cc3ccc(OC(F)(F)F)cc3)C[C@@H]12.C=CC(=O)NC1[C@H]2CNC[C@@H]12.FC(F)(F)c1ccc(CBr)cc1. The molecule has 0 bridgehead atoms. The molecule has 0 radical (unpaired) electrons. The standard InChI is InChI=1S/C16H17F3N2O2.C8H6BrF3.C8H12N2O/c1-2-14(22)20-15-12-8-21(9-13(12)15)7-10-3-5-11(6-4-10)23-16(17,18)19;9-5-6-1-3-7(4-2-6)8(10,11)12;1-2-7(11)10-8-5-3-9-4-6(5)8/h2-6,12-13,15H,1,7-9H2,(H,20,22);1-4H,5H2;2,5-6,8-9H,1,3-4H2,(H,10,11)/t12-,13+,15?;;5-,6+,8?. The molecule has 2 aliphatic heterocycles. The average molecular weight is 718 g/mol. The number of halogens is 7. The summed E-state index contributed by atoms with van der Waals surface area (Å²) in [6.07, 6.45) is -6.29. The van der Waals surface area contributed by atoms with E-state index in [1.807, 2.05) is 0 Å². The second-order valence-corrected chi connectivity index (χ2v) is 12.1. The summed E-state index contributed by atoms with van der Waals surface area (Å²) in [5, 5.41) is 9.66. The molecule has 14 heteroatoms. The second kappa shape index (κ2) is 15.0. The van der Waals surface area contributed by atoms with E-state index in [0.717, 1.165) is 49.4 Å². The van der Waals surface area contributed by atoms with E-state index in [1.54, 1.807) is 12.1 Å². The summed E-state index contributed by atoms with van der Waals surface area (Å²) >= 11 is 3.15. The molecule has 2 aliphatic carbocycles. The highest BCUT2D eigenvalue weighted by molar-refractivity contribution is 9.08. The molecule has 6 atom stereocenters. The molecule has 3 N–H and O–H groups in total. The Morgan fingerprint density at radius 2 is 1.30 bits per heavy atom. The lowest BCUT2D eigenvalue weighted by atomic mass is 10.1. The van der Waals surface area contributed by atoms with Gasteiger partial charge in [0, 0.05) is 50.1 Å². The summed E-state index contributed by atoms with van der Waals surface area (Å²) in [7, 11) is 0. The van der Waals surface area contributed by atoms with Gasteiger partial charge in [-0.15, -0.1) is 13.2 Å². The van der Waals surface area contributed by atoms with E-state index in [4.69, 9.17) is 0 Å². The number of carbonyl (C=O) groups is 2. The van der Waals surface area contributed by atoms with Gasteiger partial charge in [-0.3, -0.25) is 14.5 Å². The van der Waals surface area contributed by atoms with Crippen LogP contribution in [0.15, 0.2) is 73.8 Å². The van der Waals surface area contributed by atoms with Crippen molar-refractivity contribution in [3.05, 3.63) is 90.5 Å². The van der Waals surface area contributed by atoms with Crippen molar-refractivity contribution in [3.8, 4) is 5.75 Å². The number of nitrogens with zero attached hydrogens (tertiary/aromatic N) is 1. The predicted molar refractivity (Wildman–Crippen MR) is 164 cm³/mol. The fourth-order valence-corrected chi connectivity index (χ4v) is 6.25. The maximum Gasteiger partial charge on any atom is 0.573 e. The lowest BCUT2D eigenvalue weighted by Gasteiger charge is -2.20. The minimum Gasteiger partial charge on any atom is -0.406 e. The third-order valence-electron chi connectivity index (χ3n) is 8.35. The summed E-state index contributed by atoms with van der Waals surface area (Å²) in [5.41, 5.74) is 1.17. The third kappa shape index (κ3) is 10.1. The molecule has 4 aliphatic rings. The van der Waals surface area contributed by atoms with Crippen molar-refractivity contribution in [2.24, 2.45) is 23.7 Å². The van der Waals surface area contributed by atoms with Gasteiger partial charge in [-0.2, -0.15) is 13.2 Å². The lowest BCUT2D eigenvalue weighted by molar-refractivity contribution is -0.274. The number of alkyl halides is 7. The molecule has 2 aromatic carbocycles. The Balaban J connectivity index is 0.000000175. The molecule has 2 saturated heterocycles. The Morgan fingerprint density at radius 1 is 0.826 bits per heavy atom. The first-order chi connectivity index (χ1) is 21.7. The number of nitrogens with one attached hydrogen (secondary N) is 3. The molecule has 6 rings (SSSR count). The Bertz CT molecular complexity index is 1350.